The van der Waals surface area contributed by atoms with E-state index in [1.54, 1.807) is 24.3 Å². The van der Waals surface area contributed by atoms with Crippen LogP contribution in [0.15, 0.2) is 88.7 Å². The van der Waals surface area contributed by atoms with E-state index in [2.05, 4.69) is 40.0 Å². The first kappa shape index (κ1) is 32.3. The fourth-order valence-corrected chi connectivity index (χ4v) is 7.16. The van der Waals surface area contributed by atoms with Crippen LogP contribution in [0.4, 0.5) is 0 Å². The van der Waals surface area contributed by atoms with Crippen molar-refractivity contribution >= 4 is 20.0 Å². The summed E-state index contributed by atoms with van der Waals surface area (Å²) in [6, 6.07) is 24.0. The maximum atomic E-state index is 12.7. The van der Waals surface area contributed by atoms with Crippen molar-refractivity contribution < 1.29 is 16.8 Å². The Balaban J connectivity index is 1.10. The standard InChI is InChI=1S/C32H44N4O4S2/c1-32(2,3)29-13-17-31(18-14-29)42(39,40)34-20-8-22-36-25-23-35(24-26-36)21-7-19-33-41(37,38)30-15-11-28(12-16-30)27-9-5-4-6-10-27/h4-6,9-18,33-34H,7-8,19-26H2,1-3H3. The third kappa shape index (κ3) is 9.20. The fraction of sp³-hybridized carbons (Fsp3) is 0.438. The topological polar surface area (TPSA) is 98.8 Å². The average molecular weight is 613 g/mol. The van der Waals surface area contributed by atoms with Gasteiger partial charge in [0.15, 0.2) is 0 Å². The molecule has 0 atom stereocenters. The molecular weight excluding hydrogens is 569 g/mol. The van der Waals surface area contributed by atoms with Crippen LogP contribution in [0.5, 0.6) is 0 Å². The molecule has 2 N–H and O–H groups in total. The molecule has 1 saturated heterocycles. The van der Waals surface area contributed by atoms with E-state index < -0.39 is 20.0 Å². The number of benzene rings is 3. The fourth-order valence-electron chi connectivity index (χ4n) is 5.01. The maximum absolute atomic E-state index is 12.7. The zero-order valence-corrected chi connectivity index (χ0v) is 26.6. The predicted molar refractivity (Wildman–Crippen MR) is 170 cm³/mol. The molecule has 1 fully saturated rings. The average Bonchev–Trinajstić information content (AvgIpc) is 2.98. The molecule has 4 rings (SSSR count). The molecule has 1 heterocycles. The Bertz CT molecular complexity index is 1480. The van der Waals surface area contributed by atoms with Crippen molar-refractivity contribution in [2.24, 2.45) is 0 Å². The van der Waals surface area contributed by atoms with Gasteiger partial charge in [-0.25, -0.2) is 26.3 Å². The molecule has 228 valence electrons. The highest BCUT2D eigenvalue weighted by atomic mass is 32.2. The molecule has 1 aliphatic heterocycles. The van der Waals surface area contributed by atoms with Crippen molar-refractivity contribution in [1.29, 1.82) is 0 Å². The van der Waals surface area contributed by atoms with Gasteiger partial charge in [-0.15, -0.1) is 0 Å². The second-order valence-electron chi connectivity index (χ2n) is 11.9. The smallest absolute Gasteiger partial charge is 0.240 e. The molecular formula is C32H44N4O4S2. The van der Waals surface area contributed by atoms with Gasteiger partial charge in [0.1, 0.15) is 0 Å². The number of hydrogen-bond acceptors (Lipinski definition) is 6. The largest absolute Gasteiger partial charge is 0.301 e. The first-order valence-electron chi connectivity index (χ1n) is 14.6. The highest BCUT2D eigenvalue weighted by Crippen LogP contribution is 2.23. The SMILES string of the molecule is CC(C)(C)c1ccc(S(=O)(=O)NCCCN2CCN(CCCNS(=O)(=O)c3ccc(-c4ccccc4)cc3)CC2)cc1. The summed E-state index contributed by atoms with van der Waals surface area (Å²) in [6.07, 6.45) is 1.48. The van der Waals surface area contributed by atoms with Gasteiger partial charge >= 0.3 is 0 Å². The van der Waals surface area contributed by atoms with Crippen LogP contribution in [0.3, 0.4) is 0 Å². The number of sulfonamides is 2. The zero-order valence-electron chi connectivity index (χ0n) is 24.9. The van der Waals surface area contributed by atoms with Crippen LogP contribution < -0.4 is 9.44 Å². The number of rotatable bonds is 13. The summed E-state index contributed by atoms with van der Waals surface area (Å²) in [5.74, 6) is 0. The van der Waals surface area contributed by atoms with E-state index in [1.807, 2.05) is 54.6 Å². The van der Waals surface area contributed by atoms with Crippen LogP contribution in [0.25, 0.3) is 11.1 Å². The van der Waals surface area contributed by atoms with Gasteiger partial charge in [-0.1, -0.05) is 75.4 Å². The van der Waals surface area contributed by atoms with E-state index in [0.29, 0.717) is 18.0 Å². The van der Waals surface area contributed by atoms with Gasteiger partial charge in [0, 0.05) is 39.3 Å². The van der Waals surface area contributed by atoms with Crippen LogP contribution in [-0.2, 0) is 25.5 Å². The molecule has 0 unspecified atom stereocenters. The van der Waals surface area contributed by atoms with Gasteiger partial charge < -0.3 is 9.80 Å². The number of nitrogens with zero attached hydrogens (tertiary/aromatic N) is 2. The Morgan fingerprint density at radius 2 is 1.00 bits per heavy atom. The maximum Gasteiger partial charge on any atom is 0.240 e. The molecule has 10 heteroatoms. The molecule has 0 spiro atoms. The lowest BCUT2D eigenvalue weighted by Gasteiger charge is -2.34. The summed E-state index contributed by atoms with van der Waals surface area (Å²) in [7, 11) is -7.06. The van der Waals surface area contributed by atoms with E-state index in [9.17, 15) is 16.8 Å². The molecule has 42 heavy (non-hydrogen) atoms. The Kier molecular flexibility index (Phi) is 11.0. The molecule has 0 amide bonds. The highest BCUT2D eigenvalue weighted by Gasteiger charge is 2.19. The summed E-state index contributed by atoms with van der Waals surface area (Å²) in [5.41, 5.74) is 3.12. The van der Waals surface area contributed by atoms with Crippen LogP contribution in [0, 0.1) is 0 Å². The van der Waals surface area contributed by atoms with Gasteiger partial charge in [-0.2, -0.15) is 0 Å². The van der Waals surface area contributed by atoms with Gasteiger partial charge in [0.25, 0.3) is 0 Å². The predicted octanol–water partition coefficient (Wildman–Crippen LogP) is 4.31. The van der Waals surface area contributed by atoms with Crippen molar-refractivity contribution in [1.82, 2.24) is 19.2 Å². The highest BCUT2D eigenvalue weighted by molar-refractivity contribution is 7.89. The first-order valence-corrected chi connectivity index (χ1v) is 17.6. The summed E-state index contributed by atoms with van der Waals surface area (Å²) in [5, 5.41) is 0. The van der Waals surface area contributed by atoms with Crippen molar-refractivity contribution in [3.8, 4) is 11.1 Å². The van der Waals surface area contributed by atoms with E-state index in [0.717, 1.165) is 68.8 Å². The Labute approximate surface area is 252 Å². The van der Waals surface area contributed by atoms with Gasteiger partial charge in [-0.05, 0) is 72.3 Å². The van der Waals surface area contributed by atoms with Crippen molar-refractivity contribution in [3.63, 3.8) is 0 Å². The van der Waals surface area contributed by atoms with E-state index in [4.69, 9.17) is 0 Å². The van der Waals surface area contributed by atoms with Crippen molar-refractivity contribution in [2.45, 2.75) is 48.8 Å². The minimum Gasteiger partial charge on any atom is -0.301 e. The zero-order chi connectivity index (χ0) is 30.2. The van der Waals surface area contributed by atoms with Gasteiger partial charge in [0.05, 0.1) is 9.79 Å². The Morgan fingerprint density at radius 3 is 1.43 bits per heavy atom. The van der Waals surface area contributed by atoms with E-state index in [1.165, 1.54) is 0 Å². The molecule has 0 aromatic heterocycles. The normalized spacial score (nSPS) is 15.6. The first-order chi connectivity index (χ1) is 19.9. The second-order valence-corrected chi connectivity index (χ2v) is 15.4. The summed E-state index contributed by atoms with van der Waals surface area (Å²) in [6.45, 7) is 12.4. The van der Waals surface area contributed by atoms with E-state index in [-0.39, 0.29) is 10.3 Å². The molecule has 3 aromatic rings. The molecule has 8 nitrogen and oxygen atoms in total. The molecule has 0 bridgehead atoms. The summed E-state index contributed by atoms with van der Waals surface area (Å²) in [4.78, 5) is 5.28. The molecule has 3 aromatic carbocycles. The molecule has 0 radical (unpaired) electrons. The summed E-state index contributed by atoms with van der Waals surface area (Å²) >= 11 is 0. The lowest BCUT2D eigenvalue weighted by molar-refractivity contribution is 0.131. The van der Waals surface area contributed by atoms with Gasteiger partial charge in [-0.3, -0.25) is 0 Å². The molecule has 0 aliphatic carbocycles. The van der Waals surface area contributed by atoms with E-state index >= 15 is 0 Å². The monoisotopic (exact) mass is 612 g/mol. The quantitative estimate of drug-likeness (QED) is 0.279. The Morgan fingerprint density at radius 1 is 0.595 bits per heavy atom. The van der Waals surface area contributed by atoms with Crippen LogP contribution in [0.2, 0.25) is 0 Å². The third-order valence-electron chi connectivity index (χ3n) is 7.65. The number of nitrogens with one attached hydrogen (secondary N) is 2. The molecule has 0 saturated carbocycles. The van der Waals surface area contributed by atoms with Crippen LogP contribution in [-0.4, -0.2) is 79.0 Å². The lowest BCUT2D eigenvalue weighted by Crippen LogP contribution is -2.47. The Hall–Kier alpha value is -2.60. The number of hydrogen-bond donors (Lipinski definition) is 2. The van der Waals surface area contributed by atoms with Crippen LogP contribution >= 0.6 is 0 Å². The number of piperazine rings is 1. The summed E-state index contributed by atoms with van der Waals surface area (Å²) < 4.78 is 56.2. The van der Waals surface area contributed by atoms with Crippen molar-refractivity contribution in [3.05, 3.63) is 84.4 Å². The molecule has 1 aliphatic rings. The lowest BCUT2D eigenvalue weighted by atomic mass is 9.87. The minimum absolute atomic E-state index is 0.0200. The third-order valence-corrected chi connectivity index (χ3v) is 10.6. The van der Waals surface area contributed by atoms with Gasteiger partial charge in [0.2, 0.25) is 20.0 Å². The second kappa shape index (κ2) is 14.2. The van der Waals surface area contributed by atoms with Crippen molar-refractivity contribution in [2.75, 3.05) is 52.4 Å². The minimum atomic E-state index is -3.55. The van der Waals surface area contributed by atoms with Crippen LogP contribution in [0.1, 0.15) is 39.2 Å².